The van der Waals surface area contributed by atoms with Gasteiger partial charge in [-0.15, -0.1) is 0 Å². The van der Waals surface area contributed by atoms with Crippen LogP contribution in [0, 0.1) is 16.7 Å². The molecule has 0 bridgehead atoms. The maximum Gasteiger partial charge on any atom is 0.306 e. The standard InChI is InChI=1S/C31H39N3O6/c1-30(2,3)24(25(35)32-4)33-29(40)31(13-8-5-9-14-31)18-21(28(38)39)12-15-34-26(36)22-16-19-10-6-7-11-20(19)17-23(22)27(34)37/h6-7,10-11,16-17,21,24H,5,8-9,12-15,18H2,1-4H3,(H,32,35)(H,33,40)(H,38,39). The molecule has 2 aromatic carbocycles. The number of nitrogens with one attached hydrogen (secondary N) is 2. The third-order valence-electron chi connectivity index (χ3n) is 8.47. The highest BCUT2D eigenvalue weighted by molar-refractivity contribution is 6.23. The van der Waals surface area contributed by atoms with Gasteiger partial charge in [-0.05, 0) is 54.0 Å². The van der Waals surface area contributed by atoms with Gasteiger partial charge in [-0.25, -0.2) is 0 Å². The van der Waals surface area contributed by atoms with E-state index in [9.17, 15) is 29.1 Å². The van der Waals surface area contributed by atoms with E-state index in [1.807, 2.05) is 45.0 Å². The summed E-state index contributed by atoms with van der Waals surface area (Å²) in [6, 6.07) is 10.1. The first kappa shape index (κ1) is 29.2. The minimum atomic E-state index is -1.07. The van der Waals surface area contributed by atoms with E-state index >= 15 is 0 Å². The van der Waals surface area contributed by atoms with Crippen LogP contribution < -0.4 is 10.6 Å². The molecule has 2 aromatic rings. The second kappa shape index (κ2) is 11.4. The number of rotatable bonds is 9. The first-order chi connectivity index (χ1) is 18.9. The molecule has 1 aliphatic heterocycles. The maximum atomic E-state index is 13.8. The number of carboxylic acids is 1. The number of carboxylic acid groups (broad SMARTS) is 1. The number of hydrogen-bond acceptors (Lipinski definition) is 5. The van der Waals surface area contributed by atoms with Crippen LogP contribution in [0.1, 0.15) is 86.4 Å². The van der Waals surface area contributed by atoms with Gasteiger partial charge < -0.3 is 15.7 Å². The van der Waals surface area contributed by atoms with Crippen LogP contribution in [-0.4, -0.2) is 59.2 Å². The summed E-state index contributed by atoms with van der Waals surface area (Å²) in [6.07, 6.45) is 3.67. The monoisotopic (exact) mass is 549 g/mol. The molecular formula is C31H39N3O6. The van der Waals surface area contributed by atoms with Crippen molar-refractivity contribution in [1.29, 1.82) is 0 Å². The van der Waals surface area contributed by atoms with Gasteiger partial charge in [0.1, 0.15) is 6.04 Å². The molecular weight excluding hydrogens is 510 g/mol. The molecule has 1 fully saturated rings. The second-order valence-electron chi connectivity index (χ2n) is 12.3. The van der Waals surface area contributed by atoms with Crippen LogP contribution in [0.25, 0.3) is 10.8 Å². The van der Waals surface area contributed by atoms with E-state index in [1.54, 1.807) is 12.1 Å². The summed E-state index contributed by atoms with van der Waals surface area (Å²) in [6.45, 7) is 5.55. The lowest BCUT2D eigenvalue weighted by molar-refractivity contribution is -0.147. The Morgan fingerprint density at radius 2 is 1.52 bits per heavy atom. The summed E-state index contributed by atoms with van der Waals surface area (Å²) in [5.74, 6) is -3.49. The number of benzene rings is 2. The highest BCUT2D eigenvalue weighted by Crippen LogP contribution is 2.43. The molecule has 3 N–H and O–H groups in total. The normalized spacial score (nSPS) is 18.2. The van der Waals surface area contributed by atoms with E-state index in [0.29, 0.717) is 24.0 Å². The van der Waals surface area contributed by atoms with Crippen LogP contribution in [0.2, 0.25) is 0 Å². The van der Waals surface area contributed by atoms with Crippen LogP contribution >= 0.6 is 0 Å². The fourth-order valence-corrected chi connectivity index (χ4v) is 6.11. The molecule has 4 amide bonds. The summed E-state index contributed by atoms with van der Waals surface area (Å²) < 4.78 is 0. The molecule has 0 saturated heterocycles. The van der Waals surface area contributed by atoms with Crippen molar-refractivity contribution in [3.05, 3.63) is 47.5 Å². The molecule has 1 saturated carbocycles. The van der Waals surface area contributed by atoms with Gasteiger partial charge >= 0.3 is 5.97 Å². The van der Waals surface area contributed by atoms with Gasteiger partial charge in [0.15, 0.2) is 0 Å². The number of hydrogen-bond donors (Lipinski definition) is 3. The van der Waals surface area contributed by atoms with E-state index in [0.717, 1.165) is 34.9 Å². The number of aliphatic carboxylic acids is 1. The van der Waals surface area contributed by atoms with Gasteiger partial charge in [0.2, 0.25) is 11.8 Å². The Hall–Kier alpha value is -3.75. The van der Waals surface area contributed by atoms with Crippen molar-refractivity contribution in [3.8, 4) is 0 Å². The van der Waals surface area contributed by atoms with Crippen molar-refractivity contribution in [2.75, 3.05) is 13.6 Å². The van der Waals surface area contributed by atoms with Crippen LogP contribution in [0.5, 0.6) is 0 Å². The molecule has 214 valence electrons. The van der Waals surface area contributed by atoms with Gasteiger partial charge in [-0.2, -0.15) is 0 Å². The van der Waals surface area contributed by atoms with Crippen molar-refractivity contribution in [1.82, 2.24) is 15.5 Å². The van der Waals surface area contributed by atoms with Gasteiger partial charge in [0.05, 0.1) is 22.5 Å². The lowest BCUT2D eigenvalue weighted by Crippen LogP contribution is -2.57. The molecule has 2 aliphatic rings. The number of amides is 4. The zero-order valence-electron chi connectivity index (χ0n) is 23.7. The van der Waals surface area contributed by atoms with Crippen molar-refractivity contribution >= 4 is 40.4 Å². The van der Waals surface area contributed by atoms with E-state index in [4.69, 9.17) is 0 Å². The number of imide groups is 1. The summed E-state index contributed by atoms with van der Waals surface area (Å²) in [4.78, 5) is 66.3. The minimum absolute atomic E-state index is 0.0352. The average Bonchev–Trinajstić information content (AvgIpc) is 3.15. The Morgan fingerprint density at radius 1 is 0.975 bits per heavy atom. The molecule has 2 unspecified atom stereocenters. The number of carbonyl (C=O) groups is 5. The first-order valence-electron chi connectivity index (χ1n) is 14.0. The van der Waals surface area contributed by atoms with Crippen molar-refractivity contribution in [2.45, 2.75) is 71.8 Å². The van der Waals surface area contributed by atoms with Crippen molar-refractivity contribution in [3.63, 3.8) is 0 Å². The third kappa shape index (κ3) is 5.74. The van der Waals surface area contributed by atoms with Gasteiger partial charge in [-0.3, -0.25) is 28.9 Å². The first-order valence-corrected chi connectivity index (χ1v) is 14.0. The molecule has 1 heterocycles. The minimum Gasteiger partial charge on any atom is -0.481 e. The fourth-order valence-electron chi connectivity index (χ4n) is 6.11. The smallest absolute Gasteiger partial charge is 0.306 e. The Labute approximate surface area is 234 Å². The summed E-state index contributed by atoms with van der Waals surface area (Å²) in [5, 5.41) is 17.4. The Bertz CT molecular complexity index is 1280. The summed E-state index contributed by atoms with van der Waals surface area (Å²) in [7, 11) is 1.52. The van der Waals surface area contributed by atoms with Gasteiger partial charge in [0.25, 0.3) is 11.8 Å². The third-order valence-corrected chi connectivity index (χ3v) is 8.47. The highest BCUT2D eigenvalue weighted by Gasteiger charge is 2.46. The topological polar surface area (TPSA) is 133 Å². The van der Waals surface area contributed by atoms with Gasteiger partial charge in [0, 0.05) is 13.6 Å². The molecule has 4 rings (SSSR count). The Kier molecular flexibility index (Phi) is 8.33. The summed E-state index contributed by atoms with van der Waals surface area (Å²) in [5.41, 5.74) is -0.852. The number of carbonyl (C=O) groups excluding carboxylic acids is 4. The molecule has 9 heteroatoms. The molecule has 2 atom stereocenters. The predicted octanol–water partition coefficient (Wildman–Crippen LogP) is 4.14. The molecule has 0 spiro atoms. The molecule has 40 heavy (non-hydrogen) atoms. The van der Waals surface area contributed by atoms with E-state index in [1.165, 1.54) is 7.05 Å². The zero-order valence-corrected chi connectivity index (χ0v) is 23.7. The van der Waals surface area contributed by atoms with Crippen molar-refractivity contribution < 1.29 is 29.1 Å². The largest absolute Gasteiger partial charge is 0.481 e. The SMILES string of the molecule is CNC(=O)C(NC(=O)C1(CC(CCN2C(=O)c3cc4ccccc4cc3C2=O)C(=O)O)CCCCC1)C(C)(C)C. The van der Waals surface area contributed by atoms with Crippen LogP contribution in [-0.2, 0) is 14.4 Å². The molecule has 1 aliphatic carbocycles. The quantitative estimate of drug-likeness (QED) is 0.403. The highest BCUT2D eigenvalue weighted by atomic mass is 16.4. The van der Waals surface area contributed by atoms with E-state index < -0.39 is 40.6 Å². The predicted molar refractivity (Wildman–Crippen MR) is 151 cm³/mol. The van der Waals surface area contributed by atoms with E-state index in [2.05, 4.69) is 10.6 Å². The lowest BCUT2D eigenvalue weighted by Gasteiger charge is -2.40. The van der Waals surface area contributed by atoms with Crippen LogP contribution in [0.15, 0.2) is 36.4 Å². The Morgan fingerprint density at radius 3 is 2.00 bits per heavy atom. The number of fused-ring (bicyclic) bond motifs is 2. The maximum absolute atomic E-state index is 13.8. The van der Waals surface area contributed by atoms with Crippen LogP contribution in [0.3, 0.4) is 0 Å². The molecule has 0 radical (unpaired) electrons. The van der Waals surface area contributed by atoms with Crippen molar-refractivity contribution in [2.24, 2.45) is 16.7 Å². The van der Waals surface area contributed by atoms with Crippen LogP contribution in [0.4, 0.5) is 0 Å². The summed E-state index contributed by atoms with van der Waals surface area (Å²) >= 11 is 0. The fraction of sp³-hybridized carbons (Fsp3) is 0.516. The molecule has 0 aromatic heterocycles. The van der Waals surface area contributed by atoms with E-state index in [-0.39, 0.29) is 31.2 Å². The number of nitrogens with zero attached hydrogens (tertiary/aromatic N) is 1. The number of likely N-dealkylation sites (N-methyl/N-ethyl adjacent to an activating group) is 1. The average molecular weight is 550 g/mol. The lowest BCUT2D eigenvalue weighted by atomic mass is 9.67. The zero-order chi connectivity index (χ0) is 29.2. The molecule has 9 nitrogen and oxygen atoms in total. The Balaban J connectivity index is 1.53. The second-order valence-corrected chi connectivity index (χ2v) is 12.3. The van der Waals surface area contributed by atoms with Gasteiger partial charge in [-0.1, -0.05) is 64.3 Å².